The Morgan fingerprint density at radius 1 is 1.17 bits per heavy atom. The number of piperidine rings is 1. The van der Waals surface area contributed by atoms with Gasteiger partial charge < -0.3 is 10.6 Å². The fraction of sp³-hybridized carbons (Fsp3) is 0.762. The zero-order valence-corrected chi connectivity index (χ0v) is 17.7. The first-order chi connectivity index (χ1) is 13.8. The molecule has 2 aliphatic carbocycles. The van der Waals surface area contributed by atoms with Gasteiger partial charge in [0, 0.05) is 33.8 Å². The Balaban J connectivity index is 1.25. The summed E-state index contributed by atoms with van der Waals surface area (Å²) in [6, 6.07) is 3.06. The molecule has 4 nitrogen and oxygen atoms in total. The first-order valence-electron chi connectivity index (χ1n) is 10.7. The lowest BCUT2D eigenvalue weighted by molar-refractivity contribution is -0.148. The molecular formula is C21H30F3N3OS. The maximum absolute atomic E-state index is 12.6. The Morgan fingerprint density at radius 2 is 1.86 bits per heavy atom. The van der Waals surface area contributed by atoms with Crippen molar-refractivity contribution in [3.8, 4) is 0 Å². The van der Waals surface area contributed by atoms with Crippen LogP contribution in [0.1, 0.15) is 71.0 Å². The highest BCUT2D eigenvalue weighted by Gasteiger charge is 2.42. The molecule has 2 heterocycles. The van der Waals surface area contributed by atoms with E-state index >= 15 is 0 Å². The van der Waals surface area contributed by atoms with Gasteiger partial charge in [-0.3, -0.25) is 9.69 Å². The van der Waals surface area contributed by atoms with Crippen LogP contribution in [0.4, 0.5) is 13.2 Å². The molecule has 0 radical (unpaired) electrons. The molecule has 1 aromatic heterocycles. The average Bonchev–Trinajstić information content (AvgIpc) is 3.02. The third-order valence-corrected chi connectivity index (χ3v) is 7.65. The van der Waals surface area contributed by atoms with Crippen LogP contribution in [-0.4, -0.2) is 54.7 Å². The number of likely N-dealkylation sites (tertiary alicyclic amines) is 1. The lowest BCUT2D eigenvalue weighted by Gasteiger charge is -2.33. The normalized spacial score (nSPS) is 26.8. The second-order valence-corrected chi connectivity index (χ2v) is 10.1. The van der Waals surface area contributed by atoms with Gasteiger partial charge in [-0.05, 0) is 58.2 Å². The maximum atomic E-state index is 12.6. The first kappa shape index (κ1) is 21.1. The van der Waals surface area contributed by atoms with E-state index in [4.69, 9.17) is 0 Å². The summed E-state index contributed by atoms with van der Waals surface area (Å²) in [4.78, 5) is 16.4. The van der Waals surface area contributed by atoms with Crippen LogP contribution in [0.15, 0.2) is 6.07 Å². The molecule has 1 aromatic rings. The zero-order valence-electron chi connectivity index (χ0n) is 16.9. The van der Waals surface area contributed by atoms with Gasteiger partial charge in [0.15, 0.2) is 0 Å². The van der Waals surface area contributed by atoms with Crippen LogP contribution < -0.4 is 10.6 Å². The summed E-state index contributed by atoms with van der Waals surface area (Å²) in [5.74, 6) is 0.485. The molecule has 0 spiro atoms. The molecule has 1 saturated heterocycles. The minimum Gasteiger partial charge on any atom is -0.349 e. The van der Waals surface area contributed by atoms with Gasteiger partial charge in [0.05, 0.1) is 12.1 Å². The highest BCUT2D eigenvalue weighted by Crippen LogP contribution is 2.45. The molecule has 2 saturated carbocycles. The number of hydrogen-bond donors (Lipinski definition) is 2. The van der Waals surface area contributed by atoms with Crippen molar-refractivity contribution in [3.05, 3.63) is 21.4 Å². The van der Waals surface area contributed by atoms with E-state index < -0.39 is 12.7 Å². The predicted octanol–water partition coefficient (Wildman–Crippen LogP) is 4.20. The lowest BCUT2D eigenvalue weighted by atomic mass is 10.0. The van der Waals surface area contributed by atoms with Crippen molar-refractivity contribution in [2.75, 3.05) is 19.6 Å². The number of thiophene rings is 1. The van der Waals surface area contributed by atoms with Gasteiger partial charge in [0.25, 0.3) is 5.91 Å². The summed E-state index contributed by atoms with van der Waals surface area (Å²) in [7, 11) is 0. The number of carbonyl (C=O) groups excluding carboxylic acids is 1. The molecule has 8 heteroatoms. The Hall–Kier alpha value is -1.12. The zero-order chi connectivity index (χ0) is 20.6. The van der Waals surface area contributed by atoms with Crippen LogP contribution in [0.5, 0.6) is 0 Å². The van der Waals surface area contributed by atoms with E-state index in [9.17, 15) is 18.0 Å². The molecule has 3 aliphatic rings. The van der Waals surface area contributed by atoms with E-state index in [1.54, 1.807) is 11.3 Å². The number of aryl methyl sites for hydroxylation is 1. The average molecular weight is 430 g/mol. The molecule has 0 aromatic carbocycles. The van der Waals surface area contributed by atoms with Crippen LogP contribution in [0.25, 0.3) is 0 Å². The molecule has 4 rings (SSSR count). The van der Waals surface area contributed by atoms with E-state index in [0.29, 0.717) is 37.1 Å². The van der Waals surface area contributed by atoms with Gasteiger partial charge >= 0.3 is 6.18 Å². The number of halogens is 3. The third-order valence-electron chi connectivity index (χ3n) is 6.47. The van der Waals surface area contributed by atoms with Crippen LogP contribution in [-0.2, 0) is 0 Å². The molecule has 162 valence electrons. The quantitative estimate of drug-likeness (QED) is 0.712. The van der Waals surface area contributed by atoms with Crippen molar-refractivity contribution in [3.63, 3.8) is 0 Å². The summed E-state index contributed by atoms with van der Waals surface area (Å²) in [6.07, 6.45) is 3.02. The Kier molecular flexibility index (Phi) is 6.23. The number of alkyl halides is 3. The Morgan fingerprint density at radius 3 is 2.52 bits per heavy atom. The minimum atomic E-state index is -4.11. The standard InChI is InChI=1S/C21H30F3N3OS/c1-13-16(20(28)26-14-4-2-3-5-14)11-19(29-13)17-10-18(17)25-15-6-8-27(9-7-15)12-21(22,23)24/h11,14-15,17-18,25H,2-10,12H2,1H3,(H,26,28). The van der Waals surface area contributed by atoms with Gasteiger partial charge in [0.2, 0.25) is 0 Å². The molecule has 29 heavy (non-hydrogen) atoms. The number of nitrogens with zero attached hydrogens (tertiary/aromatic N) is 1. The number of rotatable bonds is 6. The van der Waals surface area contributed by atoms with Gasteiger partial charge in [-0.2, -0.15) is 13.2 Å². The van der Waals surface area contributed by atoms with Gasteiger partial charge in [-0.15, -0.1) is 11.3 Å². The van der Waals surface area contributed by atoms with Gasteiger partial charge in [0.1, 0.15) is 0 Å². The summed E-state index contributed by atoms with van der Waals surface area (Å²) in [6.45, 7) is 2.21. The summed E-state index contributed by atoms with van der Waals surface area (Å²) in [5, 5.41) is 6.81. The van der Waals surface area contributed by atoms with Crippen LogP contribution in [0.2, 0.25) is 0 Å². The lowest BCUT2D eigenvalue weighted by Crippen LogP contribution is -2.46. The fourth-order valence-electron chi connectivity index (χ4n) is 4.75. The largest absolute Gasteiger partial charge is 0.401 e. The number of amides is 1. The smallest absolute Gasteiger partial charge is 0.349 e. The number of carbonyl (C=O) groups is 1. The van der Waals surface area contributed by atoms with Crippen molar-refractivity contribution in [2.24, 2.45) is 0 Å². The fourth-order valence-corrected chi connectivity index (χ4v) is 5.96. The number of nitrogens with one attached hydrogen (secondary N) is 2. The minimum absolute atomic E-state index is 0.0547. The summed E-state index contributed by atoms with van der Waals surface area (Å²) in [5.41, 5.74) is 0.808. The SMILES string of the molecule is Cc1sc(C2CC2NC2CCN(CC(F)(F)F)CC2)cc1C(=O)NC1CCCC1. The predicted molar refractivity (Wildman–Crippen MR) is 109 cm³/mol. The molecule has 2 unspecified atom stereocenters. The molecule has 2 atom stereocenters. The first-order valence-corrected chi connectivity index (χ1v) is 11.6. The molecular weight excluding hydrogens is 399 g/mol. The Labute approximate surface area is 174 Å². The monoisotopic (exact) mass is 429 g/mol. The number of hydrogen-bond acceptors (Lipinski definition) is 4. The molecule has 3 fully saturated rings. The van der Waals surface area contributed by atoms with E-state index in [-0.39, 0.29) is 5.91 Å². The Bertz CT molecular complexity index is 721. The van der Waals surface area contributed by atoms with E-state index in [0.717, 1.165) is 42.5 Å². The third kappa shape index (κ3) is 5.52. The van der Waals surface area contributed by atoms with Gasteiger partial charge in [-0.25, -0.2) is 0 Å². The van der Waals surface area contributed by atoms with Crippen molar-refractivity contribution in [1.29, 1.82) is 0 Å². The topological polar surface area (TPSA) is 44.4 Å². The van der Waals surface area contributed by atoms with E-state index in [1.165, 1.54) is 22.6 Å². The van der Waals surface area contributed by atoms with Gasteiger partial charge in [-0.1, -0.05) is 12.8 Å². The van der Waals surface area contributed by atoms with Crippen LogP contribution in [0.3, 0.4) is 0 Å². The van der Waals surface area contributed by atoms with E-state index in [1.807, 2.05) is 6.92 Å². The summed E-state index contributed by atoms with van der Waals surface area (Å²) >= 11 is 1.71. The second kappa shape index (κ2) is 8.55. The van der Waals surface area contributed by atoms with Crippen molar-refractivity contribution in [1.82, 2.24) is 15.5 Å². The van der Waals surface area contributed by atoms with Crippen LogP contribution in [0, 0.1) is 6.92 Å². The van der Waals surface area contributed by atoms with Crippen molar-refractivity contribution in [2.45, 2.75) is 82.1 Å². The highest BCUT2D eigenvalue weighted by molar-refractivity contribution is 7.12. The summed E-state index contributed by atoms with van der Waals surface area (Å²) < 4.78 is 37.5. The molecule has 0 bridgehead atoms. The van der Waals surface area contributed by atoms with Crippen LogP contribution >= 0.6 is 11.3 Å². The maximum Gasteiger partial charge on any atom is 0.401 e. The molecule has 2 N–H and O–H groups in total. The van der Waals surface area contributed by atoms with E-state index in [2.05, 4.69) is 16.7 Å². The van der Waals surface area contributed by atoms with Crippen molar-refractivity contribution < 1.29 is 18.0 Å². The second-order valence-electron chi connectivity index (χ2n) is 8.85. The molecule has 1 amide bonds. The highest BCUT2D eigenvalue weighted by atomic mass is 32.1. The van der Waals surface area contributed by atoms with Crippen molar-refractivity contribution >= 4 is 17.2 Å². The molecule has 1 aliphatic heterocycles.